The highest BCUT2D eigenvalue weighted by Gasteiger charge is 2.42. The number of unbranched alkanes of at least 4 members (excludes halogenated alkanes) is 6. The van der Waals surface area contributed by atoms with Gasteiger partial charge in [0.25, 0.3) is 0 Å². The van der Waals surface area contributed by atoms with Gasteiger partial charge in [-0.25, -0.2) is 0 Å². The fraction of sp³-hybridized carbons (Fsp3) is 0.600. The Kier molecular flexibility index (Phi) is 4.24. The van der Waals surface area contributed by atoms with Gasteiger partial charge in [-0.3, -0.25) is 0 Å². The van der Waals surface area contributed by atoms with Gasteiger partial charge in [-0.05, 0) is 12.8 Å². The fourth-order valence-corrected chi connectivity index (χ4v) is 3.31. The number of aromatic hydroxyl groups is 1. The van der Waals surface area contributed by atoms with E-state index in [1.54, 1.807) is 0 Å². The van der Waals surface area contributed by atoms with Crippen LogP contribution in [0.1, 0.15) is 57.4 Å². The van der Waals surface area contributed by atoms with E-state index in [2.05, 4.69) is 6.92 Å². The van der Waals surface area contributed by atoms with Crippen molar-refractivity contribution >= 4 is 11.4 Å². The standard InChI is InChI=1S/C15H20O5S/c1-2-3-4-5-6-7-8-9-10-11(16)13-14(18-13)15-12(10)19-21(17)20-15/h16H,2-9H2,1H3. The summed E-state index contributed by atoms with van der Waals surface area (Å²) < 4.78 is 26.8. The van der Waals surface area contributed by atoms with Crippen molar-refractivity contribution in [3.05, 3.63) is 5.56 Å². The van der Waals surface area contributed by atoms with Crippen LogP contribution in [0.25, 0.3) is 0 Å². The number of ether oxygens (including phenoxy) is 1. The van der Waals surface area contributed by atoms with Crippen LogP contribution in [-0.2, 0) is 17.8 Å². The molecule has 1 unspecified atom stereocenters. The van der Waals surface area contributed by atoms with Gasteiger partial charge < -0.3 is 18.2 Å². The lowest BCUT2D eigenvalue weighted by molar-refractivity contribution is 0.450. The highest BCUT2D eigenvalue weighted by molar-refractivity contribution is 7.76. The van der Waals surface area contributed by atoms with E-state index >= 15 is 0 Å². The molecule has 21 heavy (non-hydrogen) atoms. The number of phenolic OH excluding ortho intramolecular Hbond substituents is 1. The lowest BCUT2D eigenvalue weighted by Gasteiger charge is -2.05. The highest BCUT2D eigenvalue weighted by atomic mass is 32.2. The smallest absolute Gasteiger partial charge is 0.418 e. The summed E-state index contributed by atoms with van der Waals surface area (Å²) in [6.07, 6.45) is 9.05. The molecule has 0 saturated heterocycles. The summed E-state index contributed by atoms with van der Waals surface area (Å²) in [5.74, 6) is 1.76. The summed E-state index contributed by atoms with van der Waals surface area (Å²) in [6.45, 7) is 2.21. The minimum absolute atomic E-state index is 0.109. The van der Waals surface area contributed by atoms with Crippen LogP contribution in [0.5, 0.6) is 28.7 Å². The van der Waals surface area contributed by atoms with Crippen LogP contribution in [0.2, 0.25) is 0 Å². The topological polar surface area (TPSA) is 68.3 Å². The monoisotopic (exact) mass is 312 g/mol. The zero-order valence-corrected chi connectivity index (χ0v) is 13.0. The minimum Gasteiger partial charge on any atom is -0.504 e. The molecule has 1 aromatic carbocycles. The third-order valence-corrected chi connectivity index (χ3v) is 4.49. The molecule has 0 spiro atoms. The maximum absolute atomic E-state index is 11.3. The average molecular weight is 312 g/mol. The fourth-order valence-electron chi connectivity index (χ4n) is 2.67. The Bertz CT molecular complexity index is 570. The van der Waals surface area contributed by atoms with Crippen molar-refractivity contribution < 1.29 is 22.4 Å². The molecule has 0 saturated carbocycles. The van der Waals surface area contributed by atoms with E-state index in [0.717, 1.165) is 12.8 Å². The summed E-state index contributed by atoms with van der Waals surface area (Å²) in [5, 5.41) is 10.1. The molecule has 3 rings (SSSR count). The lowest BCUT2D eigenvalue weighted by Crippen LogP contribution is -1.98. The van der Waals surface area contributed by atoms with Gasteiger partial charge in [0, 0.05) is 5.56 Å². The van der Waals surface area contributed by atoms with Gasteiger partial charge in [0.05, 0.1) is 0 Å². The Hall–Kier alpha value is -1.43. The van der Waals surface area contributed by atoms with E-state index in [0.29, 0.717) is 35.0 Å². The Morgan fingerprint density at radius 2 is 1.57 bits per heavy atom. The van der Waals surface area contributed by atoms with E-state index in [1.165, 1.54) is 32.1 Å². The van der Waals surface area contributed by atoms with Gasteiger partial charge in [0.15, 0.2) is 11.5 Å². The Morgan fingerprint density at radius 1 is 0.905 bits per heavy atom. The molecular weight excluding hydrogens is 292 g/mol. The molecule has 2 heterocycles. The molecule has 2 aliphatic heterocycles. The number of hydrogen-bond acceptors (Lipinski definition) is 5. The maximum Gasteiger partial charge on any atom is 0.418 e. The first-order valence-electron chi connectivity index (χ1n) is 7.60. The minimum atomic E-state index is -1.82. The summed E-state index contributed by atoms with van der Waals surface area (Å²) in [6, 6.07) is 0. The normalized spacial score (nSPS) is 17.5. The molecule has 1 N–H and O–H groups in total. The number of fused-ring (bicyclic) bond motifs is 3. The molecule has 0 bridgehead atoms. The van der Waals surface area contributed by atoms with Crippen molar-refractivity contribution in [1.29, 1.82) is 0 Å². The van der Waals surface area contributed by atoms with Crippen molar-refractivity contribution in [3.8, 4) is 28.7 Å². The molecule has 5 nitrogen and oxygen atoms in total. The molecule has 0 radical (unpaired) electrons. The van der Waals surface area contributed by atoms with Gasteiger partial charge >= 0.3 is 11.4 Å². The van der Waals surface area contributed by atoms with Crippen LogP contribution in [0.15, 0.2) is 0 Å². The number of phenols is 1. The zero-order chi connectivity index (χ0) is 14.8. The summed E-state index contributed by atoms with van der Waals surface area (Å²) in [7, 11) is 0. The van der Waals surface area contributed by atoms with Gasteiger partial charge in [-0.1, -0.05) is 45.4 Å². The second kappa shape index (κ2) is 6.13. The Morgan fingerprint density at radius 3 is 2.33 bits per heavy atom. The van der Waals surface area contributed by atoms with Gasteiger partial charge in [0.2, 0.25) is 17.2 Å². The molecule has 116 valence electrons. The molecule has 1 atom stereocenters. The average Bonchev–Trinajstić information content (AvgIpc) is 3.18. The summed E-state index contributed by atoms with van der Waals surface area (Å²) in [4.78, 5) is 0. The van der Waals surface area contributed by atoms with Crippen molar-refractivity contribution in [2.75, 3.05) is 0 Å². The van der Waals surface area contributed by atoms with Crippen LogP contribution in [-0.4, -0.2) is 9.32 Å². The van der Waals surface area contributed by atoms with E-state index in [1.807, 2.05) is 0 Å². The SMILES string of the molecule is CCCCCCCCCc1c(O)c2c(c3c1OS(=O)O3)O2. The van der Waals surface area contributed by atoms with Crippen LogP contribution in [0.3, 0.4) is 0 Å². The molecule has 0 fully saturated rings. The second-order valence-corrected chi connectivity index (χ2v) is 6.23. The van der Waals surface area contributed by atoms with Crippen molar-refractivity contribution in [1.82, 2.24) is 0 Å². The van der Waals surface area contributed by atoms with Crippen LogP contribution < -0.4 is 13.1 Å². The molecule has 0 amide bonds. The predicted octanol–water partition coefficient (Wildman–Crippen LogP) is 4.14. The van der Waals surface area contributed by atoms with Gasteiger partial charge in [-0.15, -0.1) is 0 Å². The molecular formula is C15H20O5S. The van der Waals surface area contributed by atoms with Crippen molar-refractivity contribution in [3.63, 3.8) is 0 Å². The predicted molar refractivity (Wildman–Crippen MR) is 79.3 cm³/mol. The maximum atomic E-state index is 11.3. The van der Waals surface area contributed by atoms with E-state index in [-0.39, 0.29) is 5.75 Å². The summed E-state index contributed by atoms with van der Waals surface area (Å²) >= 11 is -1.82. The summed E-state index contributed by atoms with van der Waals surface area (Å²) in [5.41, 5.74) is 0.653. The Labute approximate surface area is 127 Å². The second-order valence-electron chi connectivity index (χ2n) is 5.49. The number of hydrogen-bond donors (Lipinski definition) is 1. The van der Waals surface area contributed by atoms with Crippen molar-refractivity contribution in [2.24, 2.45) is 0 Å². The first-order valence-corrected chi connectivity index (χ1v) is 8.60. The lowest BCUT2D eigenvalue weighted by atomic mass is 10.0. The zero-order valence-electron chi connectivity index (χ0n) is 12.1. The third-order valence-electron chi connectivity index (χ3n) is 3.89. The number of rotatable bonds is 8. The van der Waals surface area contributed by atoms with E-state index < -0.39 is 11.4 Å². The van der Waals surface area contributed by atoms with Crippen LogP contribution >= 0.6 is 0 Å². The van der Waals surface area contributed by atoms with Crippen LogP contribution in [0, 0.1) is 0 Å². The quantitative estimate of drug-likeness (QED) is 0.586. The molecule has 2 aliphatic rings. The largest absolute Gasteiger partial charge is 0.504 e. The Balaban J connectivity index is 1.56. The van der Waals surface area contributed by atoms with E-state index in [9.17, 15) is 9.32 Å². The van der Waals surface area contributed by atoms with Crippen LogP contribution in [0.4, 0.5) is 0 Å². The molecule has 1 aromatic rings. The molecule has 0 aromatic heterocycles. The third kappa shape index (κ3) is 2.95. The van der Waals surface area contributed by atoms with Crippen molar-refractivity contribution in [2.45, 2.75) is 58.3 Å². The first-order chi connectivity index (χ1) is 10.2. The van der Waals surface area contributed by atoms with E-state index in [4.69, 9.17) is 13.1 Å². The first kappa shape index (κ1) is 14.5. The van der Waals surface area contributed by atoms with Gasteiger partial charge in [-0.2, -0.15) is 4.21 Å². The van der Waals surface area contributed by atoms with Gasteiger partial charge in [0.1, 0.15) is 0 Å². The number of benzene rings is 1. The molecule has 0 aliphatic carbocycles. The molecule has 6 heteroatoms. The highest BCUT2D eigenvalue weighted by Crippen LogP contribution is 2.65.